The molecule has 0 aliphatic carbocycles. The molecule has 0 aromatic heterocycles. The molecule has 0 heterocycles. The van der Waals surface area contributed by atoms with E-state index in [2.05, 4.69) is 0 Å². The van der Waals surface area contributed by atoms with Crippen LogP contribution in [-0.4, -0.2) is 32.9 Å². The van der Waals surface area contributed by atoms with Gasteiger partial charge in [0.2, 0.25) is 0 Å². The lowest BCUT2D eigenvalue weighted by Crippen LogP contribution is -2.56. The maximum absolute atomic E-state index is 11.3. The third-order valence-corrected chi connectivity index (χ3v) is 4.04. The molecule has 0 saturated heterocycles. The van der Waals surface area contributed by atoms with Crippen LogP contribution in [0.5, 0.6) is 0 Å². The normalized spacial score (nSPS) is 10.7. The van der Waals surface area contributed by atoms with E-state index >= 15 is 0 Å². The molecule has 0 fully saturated rings. The molecule has 0 aliphatic heterocycles. The van der Waals surface area contributed by atoms with Crippen molar-refractivity contribution in [2.45, 2.75) is 40.0 Å². The van der Waals surface area contributed by atoms with E-state index in [0.29, 0.717) is 0 Å². The van der Waals surface area contributed by atoms with Gasteiger partial charge in [0.1, 0.15) is 6.17 Å². The van der Waals surface area contributed by atoms with Crippen LogP contribution in [0.3, 0.4) is 0 Å². The highest BCUT2D eigenvalue weighted by atomic mass is 28.4. The molecule has 7 nitrogen and oxygen atoms in total. The summed E-state index contributed by atoms with van der Waals surface area (Å²) in [6.07, 6.45) is -0.109. The minimum absolute atomic E-state index is 0.0715. The summed E-state index contributed by atoms with van der Waals surface area (Å²) in [6, 6.07) is 0. The Morgan fingerprint density at radius 2 is 1.11 bits per heavy atom. The molecule has 0 saturated carbocycles. The molecular weight excluding hydrogens is 258 g/mol. The molecule has 0 aliphatic rings. The van der Waals surface area contributed by atoms with Gasteiger partial charge in [-0.05, 0) is 0 Å². The van der Waals surface area contributed by atoms with Crippen molar-refractivity contribution in [1.82, 2.24) is 0 Å². The fourth-order valence-electron chi connectivity index (χ4n) is 0.924. The maximum atomic E-state index is 11.3. The Balaban J connectivity index is 4.98. The molecule has 2 N–H and O–H groups in total. The monoisotopic (exact) mass is 277 g/mol. The largest absolute Gasteiger partial charge is 0.719 e. The van der Waals surface area contributed by atoms with Gasteiger partial charge < -0.3 is 19.0 Å². The predicted octanol–water partition coefficient (Wildman–Crippen LogP) is 0.283. The van der Waals surface area contributed by atoms with Crippen LogP contribution in [0.4, 0.5) is 0 Å². The summed E-state index contributed by atoms with van der Waals surface area (Å²) >= 11 is 0. The second kappa shape index (κ2) is 7.83. The van der Waals surface area contributed by atoms with Crippen LogP contribution < -0.4 is 5.73 Å². The van der Waals surface area contributed by atoms with Crippen molar-refractivity contribution in [3.05, 3.63) is 0 Å². The van der Waals surface area contributed by atoms with Gasteiger partial charge in [-0.25, -0.2) is 0 Å². The number of nitrogens with two attached hydrogens (primary N) is 1. The van der Waals surface area contributed by atoms with E-state index in [4.69, 9.17) is 19.0 Å². The topological polar surface area (TPSA) is 105 Å². The second-order valence-electron chi connectivity index (χ2n) is 3.37. The van der Waals surface area contributed by atoms with Crippen molar-refractivity contribution >= 4 is 26.7 Å². The van der Waals surface area contributed by atoms with E-state index in [0.717, 1.165) is 0 Å². The Morgan fingerprint density at radius 1 is 0.833 bits per heavy atom. The van der Waals surface area contributed by atoms with Gasteiger partial charge >= 0.3 is 8.80 Å². The molecule has 0 rings (SSSR count). The predicted molar refractivity (Wildman–Crippen MR) is 64.0 cm³/mol. The summed E-state index contributed by atoms with van der Waals surface area (Å²) in [4.78, 5) is 33.9. The van der Waals surface area contributed by atoms with E-state index < -0.39 is 26.7 Å². The van der Waals surface area contributed by atoms with Gasteiger partial charge in [-0.1, -0.05) is 20.8 Å². The Labute approximate surface area is 107 Å². The number of hydrogen-bond acceptors (Lipinski definition) is 7. The van der Waals surface area contributed by atoms with Crippen molar-refractivity contribution in [3.63, 3.8) is 0 Å². The lowest BCUT2D eigenvalue weighted by atomic mass is 10.5. The molecule has 0 aromatic carbocycles. The Kier molecular flexibility index (Phi) is 7.21. The Bertz CT molecular complexity index is 274. The smallest absolute Gasteiger partial charge is 0.454 e. The first-order valence-electron chi connectivity index (χ1n) is 5.78. The molecular formula is C10H19NO6Si. The van der Waals surface area contributed by atoms with Crippen LogP contribution in [0.1, 0.15) is 40.0 Å². The van der Waals surface area contributed by atoms with Crippen LogP contribution >= 0.6 is 0 Å². The Morgan fingerprint density at radius 3 is 1.28 bits per heavy atom. The molecule has 0 atom stereocenters. The molecule has 8 heteroatoms. The average molecular weight is 277 g/mol. The van der Waals surface area contributed by atoms with Gasteiger partial charge in [-0.2, -0.15) is 0 Å². The van der Waals surface area contributed by atoms with Crippen molar-refractivity contribution < 1.29 is 27.7 Å². The second-order valence-corrected chi connectivity index (χ2v) is 5.76. The van der Waals surface area contributed by atoms with E-state index in [1.54, 1.807) is 20.8 Å². The van der Waals surface area contributed by atoms with E-state index in [1.165, 1.54) is 0 Å². The van der Waals surface area contributed by atoms with Crippen LogP contribution in [0.15, 0.2) is 0 Å². The number of hydrogen-bond donors (Lipinski definition) is 1. The van der Waals surface area contributed by atoms with Crippen molar-refractivity contribution in [2.75, 3.05) is 6.17 Å². The highest BCUT2D eigenvalue weighted by Crippen LogP contribution is 2.12. The summed E-state index contributed by atoms with van der Waals surface area (Å²) < 4.78 is 14.9. The molecule has 104 valence electrons. The third-order valence-electron chi connectivity index (χ3n) is 1.92. The van der Waals surface area contributed by atoms with Crippen LogP contribution in [0.25, 0.3) is 0 Å². The van der Waals surface area contributed by atoms with Crippen LogP contribution in [-0.2, 0) is 27.7 Å². The van der Waals surface area contributed by atoms with Gasteiger partial charge in [0, 0.05) is 19.3 Å². The van der Waals surface area contributed by atoms with Crippen molar-refractivity contribution in [2.24, 2.45) is 5.73 Å². The number of rotatable bonds is 7. The SMILES string of the molecule is CCC(=O)O[Si](CN)(OC(=O)CC)OC(=O)CC. The summed E-state index contributed by atoms with van der Waals surface area (Å²) in [7, 11) is -3.79. The van der Waals surface area contributed by atoms with E-state index in [-0.39, 0.29) is 25.4 Å². The molecule has 0 amide bonds. The number of carbonyl (C=O) groups excluding carboxylic acids is 3. The molecule has 18 heavy (non-hydrogen) atoms. The van der Waals surface area contributed by atoms with Gasteiger partial charge in [-0.3, -0.25) is 14.4 Å². The van der Waals surface area contributed by atoms with Crippen LogP contribution in [0.2, 0.25) is 0 Å². The highest BCUT2D eigenvalue weighted by molar-refractivity contribution is 6.65. The van der Waals surface area contributed by atoms with Crippen molar-refractivity contribution in [1.29, 1.82) is 0 Å². The molecule has 0 spiro atoms. The van der Waals surface area contributed by atoms with Crippen LogP contribution in [0, 0.1) is 0 Å². The fraction of sp³-hybridized carbons (Fsp3) is 0.700. The first-order valence-corrected chi connectivity index (χ1v) is 7.71. The molecule has 0 radical (unpaired) electrons. The minimum atomic E-state index is -3.79. The van der Waals surface area contributed by atoms with Gasteiger partial charge in [-0.15, -0.1) is 0 Å². The summed E-state index contributed by atoms with van der Waals surface area (Å²) in [5.74, 6) is -1.88. The molecule has 0 bridgehead atoms. The van der Waals surface area contributed by atoms with Gasteiger partial charge in [0.15, 0.2) is 0 Å². The summed E-state index contributed by atoms with van der Waals surface area (Å²) in [6.45, 7) is 4.71. The average Bonchev–Trinajstić information content (AvgIpc) is 2.37. The fourth-order valence-corrected chi connectivity index (χ4v) is 2.77. The highest BCUT2D eigenvalue weighted by Gasteiger charge is 2.51. The van der Waals surface area contributed by atoms with Crippen molar-refractivity contribution in [3.8, 4) is 0 Å². The molecule has 0 unspecified atom stereocenters. The third kappa shape index (κ3) is 5.28. The standard InChI is InChI=1S/C10H19NO6Si/c1-4-8(12)15-18(7-11,16-9(13)5-2)17-10(14)6-3/h4-7,11H2,1-3H3. The zero-order valence-corrected chi connectivity index (χ0v) is 11.9. The zero-order valence-electron chi connectivity index (χ0n) is 10.9. The van der Waals surface area contributed by atoms with Gasteiger partial charge in [0.25, 0.3) is 17.9 Å². The zero-order chi connectivity index (χ0) is 14.2. The van der Waals surface area contributed by atoms with Gasteiger partial charge in [0.05, 0.1) is 0 Å². The maximum Gasteiger partial charge on any atom is 0.719 e. The summed E-state index contributed by atoms with van der Waals surface area (Å²) in [5.41, 5.74) is 5.45. The first-order chi connectivity index (χ1) is 8.42. The minimum Gasteiger partial charge on any atom is -0.454 e. The molecule has 0 aromatic rings. The Hall–Kier alpha value is -1.41. The van der Waals surface area contributed by atoms with E-state index in [1.807, 2.05) is 0 Å². The lowest BCUT2D eigenvalue weighted by Gasteiger charge is -2.25. The quantitative estimate of drug-likeness (QED) is 0.666. The van der Waals surface area contributed by atoms with E-state index in [9.17, 15) is 14.4 Å². The lowest BCUT2D eigenvalue weighted by molar-refractivity contribution is -0.150. The summed E-state index contributed by atoms with van der Waals surface area (Å²) in [5, 5.41) is 0. The first kappa shape index (κ1) is 16.6. The number of carbonyl (C=O) groups is 3.